The van der Waals surface area contributed by atoms with Gasteiger partial charge in [0.1, 0.15) is 29.7 Å². The highest BCUT2D eigenvalue weighted by Crippen LogP contribution is 2.68. The highest BCUT2D eigenvalue weighted by Gasteiger charge is 2.68. The predicted molar refractivity (Wildman–Crippen MR) is 141 cm³/mol. The lowest BCUT2D eigenvalue weighted by atomic mass is 9.94. The summed E-state index contributed by atoms with van der Waals surface area (Å²) in [6.45, 7) is -1.04. The van der Waals surface area contributed by atoms with Crippen molar-refractivity contribution in [2.75, 3.05) is 0 Å². The van der Waals surface area contributed by atoms with Gasteiger partial charge in [-0.3, -0.25) is 19.3 Å². The zero-order chi connectivity index (χ0) is 32.4. The minimum atomic E-state index is -5.04. The molecule has 45 heavy (non-hydrogen) atoms. The number of aromatic nitrogens is 3. The summed E-state index contributed by atoms with van der Waals surface area (Å²) in [5, 5.41) is 5.88. The molecule has 3 N–H and O–H groups in total. The third-order valence-corrected chi connectivity index (χ3v) is 7.90. The number of hydrogen-bond donors (Lipinski definition) is 2. The first-order chi connectivity index (χ1) is 21.1. The molecule has 0 bridgehead atoms. The van der Waals surface area contributed by atoms with Crippen LogP contribution in [-0.2, 0) is 29.9 Å². The van der Waals surface area contributed by atoms with Crippen molar-refractivity contribution in [1.29, 1.82) is 0 Å². The predicted octanol–water partition coefficient (Wildman–Crippen LogP) is 5.79. The molecular formula is C30H21F8N5O2. The molecule has 4 aromatic rings. The van der Waals surface area contributed by atoms with Crippen molar-refractivity contribution in [1.82, 2.24) is 20.1 Å². The minimum absolute atomic E-state index is 0.0392. The maximum atomic E-state index is 15.0. The van der Waals surface area contributed by atoms with E-state index in [1.807, 2.05) is 0 Å². The Labute approximate surface area is 249 Å². The van der Waals surface area contributed by atoms with Crippen LogP contribution in [0.1, 0.15) is 56.9 Å². The van der Waals surface area contributed by atoms with Crippen LogP contribution in [0.25, 0.3) is 11.1 Å². The van der Waals surface area contributed by atoms with Gasteiger partial charge < -0.3 is 11.1 Å². The Bertz CT molecular complexity index is 1830. The van der Waals surface area contributed by atoms with Crippen LogP contribution >= 0.6 is 0 Å². The van der Waals surface area contributed by atoms with Gasteiger partial charge >= 0.3 is 6.18 Å². The molecule has 6 rings (SSSR count). The smallest absolute Gasteiger partial charge is 0.366 e. The number of carbonyl (C=O) groups excluding carboxylic acids is 2. The molecule has 15 heteroatoms. The SMILES string of the molecule is NC(=O)c1cc(-c2cccnc2[C@H](Cc2cc(F)cc(F)c2)NC(=O)Cn2nc(C(F)(F)F)c3c2C(F)(F)[C@H]2C[C@@H]32)ccc1F. The molecule has 2 aromatic carbocycles. The van der Waals surface area contributed by atoms with Crippen LogP contribution < -0.4 is 11.1 Å². The molecule has 2 aliphatic rings. The normalized spacial score (nSPS) is 18.7. The zero-order valence-electron chi connectivity index (χ0n) is 22.8. The van der Waals surface area contributed by atoms with Gasteiger partial charge in [0.15, 0.2) is 5.69 Å². The summed E-state index contributed by atoms with van der Waals surface area (Å²) >= 11 is 0. The fraction of sp³-hybridized carbons (Fsp3) is 0.267. The lowest BCUT2D eigenvalue weighted by Crippen LogP contribution is -2.35. The number of carbonyl (C=O) groups is 2. The minimum Gasteiger partial charge on any atom is -0.366 e. The topological polar surface area (TPSA) is 103 Å². The zero-order valence-corrected chi connectivity index (χ0v) is 22.8. The van der Waals surface area contributed by atoms with Gasteiger partial charge in [-0.15, -0.1) is 0 Å². The van der Waals surface area contributed by atoms with Crippen LogP contribution in [0.3, 0.4) is 0 Å². The van der Waals surface area contributed by atoms with E-state index in [0.29, 0.717) is 10.7 Å². The van der Waals surface area contributed by atoms with Crippen LogP contribution in [0.5, 0.6) is 0 Å². The molecule has 2 aliphatic carbocycles. The van der Waals surface area contributed by atoms with Gasteiger partial charge in [0.2, 0.25) is 5.91 Å². The van der Waals surface area contributed by atoms with E-state index in [9.17, 15) is 35.9 Å². The van der Waals surface area contributed by atoms with Gasteiger partial charge in [-0.2, -0.15) is 27.1 Å². The van der Waals surface area contributed by atoms with Crippen molar-refractivity contribution in [3.63, 3.8) is 0 Å². The third-order valence-electron chi connectivity index (χ3n) is 7.90. The standard InChI is InChI=1S/C30H21F8N5O2/c31-15-6-13(7-16(32)10-15)8-22(25-17(2-1-5-40-25)14-3-4-21(33)19(9-14)28(39)45)41-23(44)12-43-27-24(26(42-43)30(36,37)38)18-11-20(18)29(27,34)35/h1-7,9-10,18,20,22H,8,11-12H2,(H2,39,45)(H,41,44)/t18-,20+,22+/m1/s1. The highest BCUT2D eigenvalue weighted by atomic mass is 19.4. The Morgan fingerprint density at radius 1 is 1.07 bits per heavy atom. The van der Waals surface area contributed by atoms with Gasteiger partial charge in [0.05, 0.1) is 17.3 Å². The lowest BCUT2D eigenvalue weighted by molar-refractivity contribution is -0.142. The summed E-state index contributed by atoms with van der Waals surface area (Å²) in [6.07, 6.45) is -4.17. The van der Waals surface area contributed by atoms with E-state index in [1.165, 1.54) is 24.4 Å². The van der Waals surface area contributed by atoms with E-state index >= 15 is 8.78 Å². The summed E-state index contributed by atoms with van der Waals surface area (Å²) < 4.78 is 114. The average Bonchev–Trinajstić information content (AvgIpc) is 3.60. The monoisotopic (exact) mass is 635 g/mol. The Balaban J connectivity index is 1.38. The Kier molecular flexibility index (Phi) is 7.16. The summed E-state index contributed by atoms with van der Waals surface area (Å²) in [7, 11) is 0. The molecule has 1 fully saturated rings. The first-order valence-corrected chi connectivity index (χ1v) is 13.5. The molecule has 0 saturated heterocycles. The number of benzene rings is 2. The van der Waals surface area contributed by atoms with Gasteiger partial charge in [0.25, 0.3) is 11.8 Å². The van der Waals surface area contributed by atoms with E-state index < -0.39 is 88.3 Å². The molecule has 0 radical (unpaired) electrons. The van der Waals surface area contributed by atoms with Gasteiger partial charge in [-0.05, 0) is 60.2 Å². The highest BCUT2D eigenvalue weighted by molar-refractivity contribution is 5.94. The maximum Gasteiger partial charge on any atom is 0.435 e. The van der Waals surface area contributed by atoms with Crippen molar-refractivity contribution in [2.24, 2.45) is 11.7 Å². The molecule has 2 amide bonds. The Morgan fingerprint density at radius 3 is 2.44 bits per heavy atom. The molecule has 0 aliphatic heterocycles. The number of pyridine rings is 1. The van der Waals surface area contributed by atoms with Crippen LogP contribution in [0.2, 0.25) is 0 Å². The summed E-state index contributed by atoms with van der Waals surface area (Å²) in [5.74, 6) is -10.9. The molecule has 3 atom stereocenters. The fourth-order valence-corrected chi connectivity index (χ4v) is 5.97. The molecule has 234 valence electrons. The number of halogens is 8. The molecule has 2 heterocycles. The molecule has 1 saturated carbocycles. The van der Waals surface area contributed by atoms with Gasteiger partial charge in [0, 0.05) is 29.3 Å². The number of amides is 2. The first-order valence-electron chi connectivity index (χ1n) is 13.5. The Morgan fingerprint density at radius 2 is 1.78 bits per heavy atom. The van der Waals surface area contributed by atoms with Crippen LogP contribution in [0.4, 0.5) is 35.1 Å². The van der Waals surface area contributed by atoms with Crippen LogP contribution in [0, 0.1) is 23.4 Å². The second-order valence-electron chi connectivity index (χ2n) is 10.9. The van der Waals surface area contributed by atoms with E-state index in [2.05, 4.69) is 15.4 Å². The van der Waals surface area contributed by atoms with Crippen LogP contribution in [0.15, 0.2) is 54.7 Å². The van der Waals surface area contributed by atoms with Crippen molar-refractivity contribution in [3.05, 3.63) is 106 Å². The average molecular weight is 636 g/mol. The van der Waals surface area contributed by atoms with E-state index in [1.54, 1.807) is 0 Å². The number of primary amides is 1. The van der Waals surface area contributed by atoms with Crippen molar-refractivity contribution >= 4 is 11.8 Å². The van der Waals surface area contributed by atoms with Crippen molar-refractivity contribution in [2.45, 2.75) is 43.4 Å². The maximum absolute atomic E-state index is 15.0. The summed E-state index contributed by atoms with van der Waals surface area (Å²) in [5.41, 5.74) is 2.28. The number of nitrogens with one attached hydrogen (secondary N) is 1. The van der Waals surface area contributed by atoms with Crippen molar-refractivity contribution in [3.8, 4) is 11.1 Å². The lowest BCUT2D eigenvalue weighted by Gasteiger charge is -2.22. The Hall–Kier alpha value is -4.82. The fourth-order valence-electron chi connectivity index (χ4n) is 5.97. The van der Waals surface area contributed by atoms with E-state index in [4.69, 9.17) is 5.73 Å². The number of nitrogens with two attached hydrogens (primary N) is 1. The number of alkyl halides is 5. The summed E-state index contributed by atoms with van der Waals surface area (Å²) in [6, 6.07) is 7.71. The molecule has 0 spiro atoms. The van der Waals surface area contributed by atoms with Gasteiger partial charge in [-0.1, -0.05) is 12.1 Å². The third kappa shape index (κ3) is 5.51. The number of nitrogens with zero attached hydrogens (tertiary/aromatic N) is 3. The summed E-state index contributed by atoms with van der Waals surface area (Å²) in [4.78, 5) is 29.4. The van der Waals surface area contributed by atoms with E-state index in [-0.39, 0.29) is 35.2 Å². The largest absolute Gasteiger partial charge is 0.435 e. The first kappa shape index (κ1) is 30.2. The second kappa shape index (κ2) is 10.7. The number of fused-ring (bicyclic) bond motifs is 3. The molecule has 0 unspecified atom stereocenters. The van der Waals surface area contributed by atoms with Crippen molar-refractivity contribution < 1.29 is 44.7 Å². The molecular weight excluding hydrogens is 614 g/mol. The number of hydrogen-bond acceptors (Lipinski definition) is 4. The molecule has 7 nitrogen and oxygen atoms in total. The molecule has 2 aromatic heterocycles. The quantitative estimate of drug-likeness (QED) is 0.240. The number of rotatable bonds is 8. The van der Waals surface area contributed by atoms with Crippen LogP contribution in [-0.4, -0.2) is 26.6 Å². The second-order valence-corrected chi connectivity index (χ2v) is 10.9. The van der Waals surface area contributed by atoms with Gasteiger partial charge in [-0.25, -0.2) is 13.2 Å². The van der Waals surface area contributed by atoms with E-state index in [0.717, 1.165) is 24.3 Å².